The minimum atomic E-state index is 1.03. The molecule has 0 atom stereocenters. The molecule has 0 nitrogen and oxygen atoms in total. The Labute approximate surface area is 114 Å². The number of thiol groups is 2. The maximum absolute atomic E-state index is 4.28. The highest BCUT2D eigenvalue weighted by molar-refractivity contribution is 7.80. The summed E-state index contributed by atoms with van der Waals surface area (Å²) in [7, 11) is 0. The van der Waals surface area contributed by atoms with Crippen molar-refractivity contribution in [1.82, 2.24) is 0 Å². The van der Waals surface area contributed by atoms with Crippen molar-refractivity contribution in [2.24, 2.45) is 0 Å². The summed E-state index contributed by atoms with van der Waals surface area (Å²) < 4.78 is 0. The van der Waals surface area contributed by atoms with Gasteiger partial charge in [-0.15, -0.1) is 25.3 Å². The molecule has 0 saturated carbocycles. The van der Waals surface area contributed by atoms with E-state index in [1.54, 1.807) is 0 Å². The SMILES string of the molecule is Sc1ccc(CCCc2ccc(S)cc2)cc1. The Bertz CT molecular complexity index is 412. The van der Waals surface area contributed by atoms with Crippen LogP contribution in [0.1, 0.15) is 17.5 Å². The van der Waals surface area contributed by atoms with E-state index in [0.717, 1.165) is 22.6 Å². The number of hydrogen-bond acceptors (Lipinski definition) is 2. The summed E-state index contributed by atoms with van der Waals surface area (Å²) >= 11 is 8.56. The second-order valence-corrected chi connectivity index (χ2v) is 5.22. The molecule has 0 fully saturated rings. The molecule has 0 N–H and O–H groups in total. The van der Waals surface area contributed by atoms with E-state index in [0.29, 0.717) is 0 Å². The van der Waals surface area contributed by atoms with Gasteiger partial charge >= 0.3 is 0 Å². The highest BCUT2D eigenvalue weighted by Gasteiger charge is 1.96. The zero-order valence-electron chi connectivity index (χ0n) is 9.63. The van der Waals surface area contributed by atoms with Crippen LogP contribution in [-0.2, 0) is 12.8 Å². The molecule has 2 rings (SSSR count). The molecule has 0 unspecified atom stereocenters. The molecule has 0 aromatic heterocycles. The van der Waals surface area contributed by atoms with Crippen LogP contribution in [0, 0.1) is 0 Å². The maximum atomic E-state index is 4.28. The van der Waals surface area contributed by atoms with Crippen molar-refractivity contribution in [2.45, 2.75) is 29.1 Å². The Kier molecular flexibility index (Phi) is 4.57. The number of benzene rings is 2. The Balaban J connectivity index is 1.83. The average molecular weight is 260 g/mol. The summed E-state index contributed by atoms with van der Waals surface area (Å²) in [5.74, 6) is 0. The van der Waals surface area contributed by atoms with Gasteiger partial charge in [-0.2, -0.15) is 0 Å². The normalized spacial score (nSPS) is 10.5. The standard InChI is InChI=1S/C15H16S2/c16-14-8-4-12(5-9-14)2-1-3-13-6-10-15(17)11-7-13/h4-11,16-17H,1-3H2. The lowest BCUT2D eigenvalue weighted by Crippen LogP contribution is -1.89. The highest BCUT2D eigenvalue weighted by atomic mass is 32.1. The number of hydrogen-bond donors (Lipinski definition) is 2. The van der Waals surface area contributed by atoms with E-state index in [4.69, 9.17) is 0 Å². The predicted molar refractivity (Wildman–Crippen MR) is 79.4 cm³/mol. The first kappa shape index (κ1) is 12.6. The molecule has 0 saturated heterocycles. The zero-order valence-corrected chi connectivity index (χ0v) is 11.4. The minimum absolute atomic E-state index is 1.03. The van der Waals surface area contributed by atoms with Gasteiger partial charge in [0, 0.05) is 9.79 Å². The topological polar surface area (TPSA) is 0 Å². The van der Waals surface area contributed by atoms with Crippen LogP contribution in [0.2, 0.25) is 0 Å². The van der Waals surface area contributed by atoms with Gasteiger partial charge in [0.15, 0.2) is 0 Å². The van der Waals surface area contributed by atoms with Gasteiger partial charge in [-0.25, -0.2) is 0 Å². The molecule has 0 aliphatic heterocycles. The highest BCUT2D eigenvalue weighted by Crippen LogP contribution is 2.13. The van der Waals surface area contributed by atoms with Gasteiger partial charge in [0.25, 0.3) is 0 Å². The first-order valence-corrected chi connectivity index (χ1v) is 6.69. The first-order valence-electron chi connectivity index (χ1n) is 5.80. The van der Waals surface area contributed by atoms with E-state index >= 15 is 0 Å². The Morgan fingerprint density at radius 3 is 1.29 bits per heavy atom. The van der Waals surface area contributed by atoms with Gasteiger partial charge < -0.3 is 0 Å². The smallest absolute Gasteiger partial charge is 0.00401 e. The summed E-state index contributed by atoms with van der Waals surface area (Å²) in [5.41, 5.74) is 2.77. The van der Waals surface area contributed by atoms with Crippen LogP contribution in [0.15, 0.2) is 58.3 Å². The quantitative estimate of drug-likeness (QED) is 0.746. The molecule has 0 spiro atoms. The predicted octanol–water partition coefficient (Wildman–Crippen LogP) is 4.44. The van der Waals surface area contributed by atoms with Crippen molar-refractivity contribution in [2.75, 3.05) is 0 Å². The lowest BCUT2D eigenvalue weighted by molar-refractivity contribution is 0.819. The molecular formula is C15H16S2. The fourth-order valence-electron chi connectivity index (χ4n) is 1.82. The third kappa shape index (κ3) is 4.14. The van der Waals surface area contributed by atoms with Crippen LogP contribution < -0.4 is 0 Å². The van der Waals surface area contributed by atoms with Gasteiger partial charge in [-0.05, 0) is 54.7 Å². The van der Waals surface area contributed by atoms with Crippen molar-refractivity contribution in [3.8, 4) is 0 Å². The van der Waals surface area contributed by atoms with Crippen LogP contribution in [0.5, 0.6) is 0 Å². The zero-order chi connectivity index (χ0) is 12.1. The van der Waals surface area contributed by atoms with Crippen LogP contribution in [-0.4, -0.2) is 0 Å². The van der Waals surface area contributed by atoms with E-state index in [1.165, 1.54) is 17.5 Å². The maximum Gasteiger partial charge on any atom is 0.00401 e. The average Bonchev–Trinajstić information content (AvgIpc) is 2.34. The van der Waals surface area contributed by atoms with Gasteiger partial charge in [0.2, 0.25) is 0 Å². The third-order valence-electron chi connectivity index (χ3n) is 2.80. The van der Waals surface area contributed by atoms with Crippen molar-refractivity contribution in [3.63, 3.8) is 0 Å². The molecular weight excluding hydrogens is 244 g/mol. The summed E-state index contributed by atoms with van der Waals surface area (Å²) in [6.07, 6.45) is 3.42. The molecule has 2 aromatic carbocycles. The van der Waals surface area contributed by atoms with Gasteiger partial charge in [-0.1, -0.05) is 24.3 Å². The lowest BCUT2D eigenvalue weighted by atomic mass is 10.0. The minimum Gasteiger partial charge on any atom is -0.143 e. The fraction of sp³-hybridized carbons (Fsp3) is 0.200. The van der Waals surface area contributed by atoms with E-state index in [9.17, 15) is 0 Å². The summed E-state index contributed by atoms with van der Waals surface area (Å²) in [6, 6.07) is 16.8. The Morgan fingerprint density at radius 1 is 0.588 bits per heavy atom. The Morgan fingerprint density at radius 2 is 0.941 bits per heavy atom. The van der Waals surface area contributed by atoms with E-state index < -0.39 is 0 Å². The molecule has 17 heavy (non-hydrogen) atoms. The third-order valence-corrected chi connectivity index (χ3v) is 3.40. The molecule has 88 valence electrons. The molecule has 0 amide bonds. The van der Waals surface area contributed by atoms with Crippen molar-refractivity contribution in [3.05, 3.63) is 59.7 Å². The number of aryl methyl sites for hydroxylation is 2. The second kappa shape index (κ2) is 6.18. The van der Waals surface area contributed by atoms with Crippen LogP contribution in [0.4, 0.5) is 0 Å². The molecule has 0 radical (unpaired) electrons. The van der Waals surface area contributed by atoms with Crippen LogP contribution in [0.3, 0.4) is 0 Å². The van der Waals surface area contributed by atoms with Gasteiger partial charge in [0.1, 0.15) is 0 Å². The van der Waals surface area contributed by atoms with Crippen LogP contribution >= 0.6 is 25.3 Å². The fourth-order valence-corrected chi connectivity index (χ4v) is 2.12. The first-order chi connectivity index (χ1) is 8.24. The lowest BCUT2D eigenvalue weighted by Gasteiger charge is -2.03. The van der Waals surface area contributed by atoms with Gasteiger partial charge in [-0.3, -0.25) is 0 Å². The summed E-state index contributed by atoms with van der Waals surface area (Å²) in [4.78, 5) is 2.05. The van der Waals surface area contributed by atoms with Crippen molar-refractivity contribution >= 4 is 25.3 Å². The molecule has 2 aromatic rings. The summed E-state index contributed by atoms with van der Waals surface area (Å²) in [6.45, 7) is 0. The largest absolute Gasteiger partial charge is 0.143 e. The van der Waals surface area contributed by atoms with E-state index in [-0.39, 0.29) is 0 Å². The molecule has 0 aliphatic rings. The second-order valence-electron chi connectivity index (χ2n) is 4.19. The van der Waals surface area contributed by atoms with Gasteiger partial charge in [0.05, 0.1) is 0 Å². The molecule has 0 aliphatic carbocycles. The Hall–Kier alpha value is -0.860. The van der Waals surface area contributed by atoms with Crippen molar-refractivity contribution < 1.29 is 0 Å². The van der Waals surface area contributed by atoms with E-state index in [2.05, 4.69) is 49.5 Å². The summed E-state index contributed by atoms with van der Waals surface area (Å²) in [5, 5.41) is 0. The molecule has 2 heteroatoms. The number of rotatable bonds is 4. The molecule has 0 bridgehead atoms. The van der Waals surface area contributed by atoms with Crippen LogP contribution in [0.25, 0.3) is 0 Å². The molecule has 0 heterocycles. The monoisotopic (exact) mass is 260 g/mol. The van der Waals surface area contributed by atoms with E-state index in [1.807, 2.05) is 24.3 Å². The van der Waals surface area contributed by atoms with Crippen molar-refractivity contribution in [1.29, 1.82) is 0 Å².